The third-order valence-corrected chi connectivity index (χ3v) is 12.1. The van der Waals surface area contributed by atoms with Gasteiger partial charge in [-0.3, -0.25) is 0 Å². The Kier molecular flexibility index (Phi) is 6.83. The third kappa shape index (κ3) is 5.12. The molecule has 4 heterocycles. The second-order valence-electron chi connectivity index (χ2n) is 13.0. The normalized spacial score (nSPS) is 11.8. The largest absolute Gasteiger partial charge is 0.436 e. The van der Waals surface area contributed by atoms with Crippen molar-refractivity contribution >= 4 is 74.1 Å². The van der Waals surface area contributed by atoms with Crippen LogP contribution in [0.15, 0.2) is 162 Å². The first kappa shape index (κ1) is 30.1. The number of rotatable bonds is 5. The lowest BCUT2D eigenvalue weighted by atomic mass is 10.00. The highest BCUT2D eigenvalue weighted by Gasteiger charge is 2.17. The van der Waals surface area contributed by atoms with E-state index in [0.29, 0.717) is 23.4 Å². The molecule has 248 valence electrons. The predicted octanol–water partition coefficient (Wildman–Crippen LogP) is 13.1. The first-order chi connectivity index (χ1) is 26.2. The number of hydrogen-bond acceptors (Lipinski definition) is 7. The second kappa shape index (κ2) is 12.0. The van der Waals surface area contributed by atoms with Crippen molar-refractivity contribution in [3.8, 4) is 56.7 Å². The molecule has 0 aliphatic heterocycles. The summed E-state index contributed by atoms with van der Waals surface area (Å²) in [6.45, 7) is 0. The summed E-state index contributed by atoms with van der Waals surface area (Å²) in [6.07, 6.45) is 0. The minimum absolute atomic E-state index is 0.631. The molecular weight excluding hydrogens is 689 g/mol. The molecule has 0 radical (unpaired) electrons. The summed E-state index contributed by atoms with van der Waals surface area (Å²) in [4.78, 5) is 19.9. The maximum absolute atomic E-state index is 6.12. The van der Waals surface area contributed by atoms with Gasteiger partial charge in [0.1, 0.15) is 5.52 Å². The van der Waals surface area contributed by atoms with E-state index in [4.69, 9.17) is 24.4 Å². The molecule has 4 aromatic heterocycles. The quantitative estimate of drug-likeness (QED) is 0.178. The maximum atomic E-state index is 6.12. The van der Waals surface area contributed by atoms with Gasteiger partial charge in [0.2, 0.25) is 5.89 Å². The Hall–Kier alpha value is -6.54. The average molecular weight is 715 g/mol. The first-order valence-electron chi connectivity index (χ1n) is 17.4. The SMILES string of the molecule is c1ccc(-c2nc(-c3cccc(-c4cccc5c4sc4ccc(-c6nc7ccccc7o6)cc45)c3)nc(-c3ccc4c(c3)sc3ccccc34)n2)cc1. The van der Waals surface area contributed by atoms with Gasteiger partial charge in [-0.05, 0) is 59.7 Å². The zero-order valence-electron chi connectivity index (χ0n) is 28.0. The Morgan fingerprint density at radius 2 is 1.04 bits per heavy atom. The first-order valence-corrected chi connectivity index (χ1v) is 19.0. The van der Waals surface area contributed by atoms with E-state index in [-0.39, 0.29) is 0 Å². The van der Waals surface area contributed by atoms with Gasteiger partial charge in [-0.15, -0.1) is 22.7 Å². The Labute approximate surface area is 311 Å². The van der Waals surface area contributed by atoms with E-state index in [2.05, 4.69) is 103 Å². The molecule has 0 saturated heterocycles. The van der Waals surface area contributed by atoms with Crippen LogP contribution in [-0.2, 0) is 0 Å². The van der Waals surface area contributed by atoms with E-state index >= 15 is 0 Å². The van der Waals surface area contributed by atoms with Gasteiger partial charge in [0.15, 0.2) is 23.1 Å². The predicted molar refractivity (Wildman–Crippen MR) is 220 cm³/mol. The van der Waals surface area contributed by atoms with Crippen molar-refractivity contribution < 1.29 is 4.42 Å². The molecule has 11 rings (SSSR count). The lowest BCUT2D eigenvalue weighted by Gasteiger charge is -2.10. The molecule has 0 bridgehead atoms. The standard InChI is InChI=1S/C46H26N4OS2/c1-2-10-27(11-3-1)43-48-44(50-45(49-43)30-20-22-34-33-14-4-7-19-39(33)52-41(34)26-30)29-13-8-12-28(24-29)32-15-9-16-35-36-25-31(21-23-40(36)53-42(32)35)46-47-37-17-5-6-18-38(37)51-46/h1-26H. The highest BCUT2D eigenvalue weighted by Crippen LogP contribution is 2.42. The van der Waals surface area contributed by atoms with Crippen molar-refractivity contribution in [3.63, 3.8) is 0 Å². The molecule has 0 unspecified atom stereocenters. The van der Waals surface area contributed by atoms with Gasteiger partial charge in [0.05, 0.1) is 0 Å². The van der Waals surface area contributed by atoms with Gasteiger partial charge in [0, 0.05) is 62.6 Å². The third-order valence-electron chi connectivity index (χ3n) is 9.77. The molecule has 0 saturated carbocycles. The number of nitrogens with zero attached hydrogens (tertiary/aromatic N) is 4. The number of para-hydroxylation sites is 2. The number of oxazole rings is 1. The number of benzene rings is 7. The van der Waals surface area contributed by atoms with E-state index in [1.807, 2.05) is 54.6 Å². The van der Waals surface area contributed by atoms with Crippen molar-refractivity contribution in [2.45, 2.75) is 0 Å². The van der Waals surface area contributed by atoms with Crippen LogP contribution < -0.4 is 0 Å². The Morgan fingerprint density at radius 3 is 1.92 bits per heavy atom. The van der Waals surface area contributed by atoms with E-state index in [9.17, 15) is 0 Å². The van der Waals surface area contributed by atoms with Crippen molar-refractivity contribution in [1.29, 1.82) is 0 Å². The minimum Gasteiger partial charge on any atom is -0.436 e. The van der Waals surface area contributed by atoms with Crippen LogP contribution >= 0.6 is 22.7 Å². The van der Waals surface area contributed by atoms with Gasteiger partial charge in [-0.25, -0.2) is 19.9 Å². The number of aromatic nitrogens is 4. The summed E-state index contributed by atoms with van der Waals surface area (Å²) in [6, 6.07) is 54.7. The van der Waals surface area contributed by atoms with E-state index in [1.54, 1.807) is 22.7 Å². The fourth-order valence-electron chi connectivity index (χ4n) is 7.20. The van der Waals surface area contributed by atoms with Gasteiger partial charge < -0.3 is 4.42 Å². The van der Waals surface area contributed by atoms with Crippen molar-refractivity contribution in [2.24, 2.45) is 0 Å². The molecule has 0 spiro atoms. The maximum Gasteiger partial charge on any atom is 0.227 e. The Balaban J connectivity index is 1.03. The summed E-state index contributed by atoms with van der Waals surface area (Å²) < 4.78 is 11.1. The highest BCUT2D eigenvalue weighted by molar-refractivity contribution is 7.26. The molecule has 7 aromatic carbocycles. The summed E-state index contributed by atoms with van der Waals surface area (Å²) in [5.41, 5.74) is 7.74. The molecule has 0 aliphatic carbocycles. The smallest absolute Gasteiger partial charge is 0.227 e. The lowest BCUT2D eigenvalue weighted by Crippen LogP contribution is -2.00. The zero-order valence-corrected chi connectivity index (χ0v) is 29.7. The van der Waals surface area contributed by atoms with Crippen molar-refractivity contribution in [3.05, 3.63) is 158 Å². The zero-order chi connectivity index (χ0) is 34.9. The molecule has 0 N–H and O–H groups in total. The van der Waals surface area contributed by atoms with Crippen LogP contribution in [0.3, 0.4) is 0 Å². The van der Waals surface area contributed by atoms with Crippen LogP contribution in [0.4, 0.5) is 0 Å². The van der Waals surface area contributed by atoms with Gasteiger partial charge >= 0.3 is 0 Å². The summed E-state index contributed by atoms with van der Waals surface area (Å²) in [5, 5.41) is 4.91. The van der Waals surface area contributed by atoms with Crippen LogP contribution in [0.5, 0.6) is 0 Å². The molecule has 11 aromatic rings. The highest BCUT2D eigenvalue weighted by atomic mass is 32.1. The topological polar surface area (TPSA) is 64.7 Å². The summed E-state index contributed by atoms with van der Waals surface area (Å²) in [5.74, 6) is 2.57. The average Bonchev–Trinajstić information content (AvgIpc) is 3.94. The van der Waals surface area contributed by atoms with E-state index in [1.165, 1.54) is 45.9 Å². The number of hydrogen-bond donors (Lipinski definition) is 0. The van der Waals surface area contributed by atoms with Gasteiger partial charge in [-0.2, -0.15) is 0 Å². The molecule has 53 heavy (non-hydrogen) atoms. The van der Waals surface area contributed by atoms with Crippen LogP contribution in [0.2, 0.25) is 0 Å². The molecule has 0 aliphatic rings. The number of fused-ring (bicyclic) bond motifs is 7. The van der Waals surface area contributed by atoms with Crippen LogP contribution in [0.1, 0.15) is 0 Å². The van der Waals surface area contributed by atoms with Crippen molar-refractivity contribution in [2.75, 3.05) is 0 Å². The molecule has 5 nitrogen and oxygen atoms in total. The molecule has 0 atom stereocenters. The van der Waals surface area contributed by atoms with Gasteiger partial charge in [-0.1, -0.05) is 109 Å². The molecule has 0 fully saturated rings. The van der Waals surface area contributed by atoms with Crippen molar-refractivity contribution in [1.82, 2.24) is 19.9 Å². The lowest BCUT2D eigenvalue weighted by molar-refractivity contribution is 0.620. The van der Waals surface area contributed by atoms with E-state index in [0.717, 1.165) is 38.9 Å². The number of thiophene rings is 2. The molecule has 7 heteroatoms. The summed E-state index contributed by atoms with van der Waals surface area (Å²) >= 11 is 3.60. The monoisotopic (exact) mass is 714 g/mol. The summed E-state index contributed by atoms with van der Waals surface area (Å²) in [7, 11) is 0. The minimum atomic E-state index is 0.631. The van der Waals surface area contributed by atoms with E-state index < -0.39 is 0 Å². The van der Waals surface area contributed by atoms with Crippen LogP contribution in [0.25, 0.3) is 108 Å². The Morgan fingerprint density at radius 1 is 0.377 bits per heavy atom. The molecular formula is C46H26N4OS2. The van der Waals surface area contributed by atoms with Gasteiger partial charge in [0.25, 0.3) is 0 Å². The second-order valence-corrected chi connectivity index (χ2v) is 15.2. The van der Waals surface area contributed by atoms with Crippen LogP contribution in [0, 0.1) is 0 Å². The van der Waals surface area contributed by atoms with Crippen LogP contribution in [-0.4, -0.2) is 19.9 Å². The fourth-order valence-corrected chi connectivity index (χ4v) is 9.56. The molecule has 0 amide bonds. The fraction of sp³-hybridized carbons (Fsp3) is 0. The Bertz CT molecular complexity index is 3160.